The number of ether oxygens (including phenoxy) is 2. The van der Waals surface area contributed by atoms with Gasteiger partial charge in [0.15, 0.2) is 0 Å². The zero-order chi connectivity index (χ0) is 11.3. The minimum absolute atomic E-state index is 0.288. The minimum atomic E-state index is -0.331. The van der Waals surface area contributed by atoms with Crippen molar-refractivity contribution in [1.82, 2.24) is 0 Å². The Balaban J connectivity index is 2.94. The van der Waals surface area contributed by atoms with E-state index in [1.165, 1.54) is 0 Å². The molecule has 0 atom stereocenters. The molecule has 1 amide bonds. The maximum absolute atomic E-state index is 10.7. The van der Waals surface area contributed by atoms with Crippen LogP contribution in [0, 0.1) is 0 Å². The van der Waals surface area contributed by atoms with E-state index in [1.807, 2.05) is 18.2 Å². The smallest absolute Gasteiger partial charge is 0.217 e. The average Bonchev–Trinajstić information content (AvgIpc) is 2.25. The van der Waals surface area contributed by atoms with E-state index in [4.69, 9.17) is 15.2 Å². The Morgan fingerprint density at radius 3 is 2.20 bits per heavy atom. The average molecular weight is 209 g/mol. The molecule has 0 aromatic heterocycles. The molecule has 0 aliphatic carbocycles. The van der Waals surface area contributed by atoms with Crippen LogP contribution in [0.25, 0.3) is 0 Å². The lowest BCUT2D eigenvalue weighted by Gasteiger charge is -2.11. The first kappa shape index (κ1) is 11.4. The summed E-state index contributed by atoms with van der Waals surface area (Å²) in [6.45, 7) is 0. The van der Waals surface area contributed by atoms with Gasteiger partial charge < -0.3 is 15.2 Å². The van der Waals surface area contributed by atoms with Crippen LogP contribution < -0.4 is 15.2 Å². The Morgan fingerprint density at radius 1 is 1.27 bits per heavy atom. The van der Waals surface area contributed by atoms with E-state index in [-0.39, 0.29) is 12.3 Å². The third-order valence-electron chi connectivity index (χ3n) is 2.15. The van der Waals surface area contributed by atoms with Crippen molar-refractivity contribution in [3.05, 3.63) is 23.8 Å². The first-order chi connectivity index (χ1) is 7.19. The van der Waals surface area contributed by atoms with Crippen LogP contribution in [-0.4, -0.2) is 20.1 Å². The van der Waals surface area contributed by atoms with Gasteiger partial charge in [-0.3, -0.25) is 4.79 Å². The monoisotopic (exact) mass is 209 g/mol. The highest BCUT2D eigenvalue weighted by atomic mass is 16.5. The van der Waals surface area contributed by atoms with Crippen molar-refractivity contribution in [2.45, 2.75) is 12.8 Å². The van der Waals surface area contributed by atoms with Crippen LogP contribution in [0.15, 0.2) is 18.2 Å². The summed E-state index contributed by atoms with van der Waals surface area (Å²) < 4.78 is 10.4. The van der Waals surface area contributed by atoms with Crippen molar-refractivity contribution < 1.29 is 14.3 Å². The van der Waals surface area contributed by atoms with Crippen LogP contribution in [0.5, 0.6) is 11.5 Å². The lowest BCUT2D eigenvalue weighted by molar-refractivity contribution is -0.117. The van der Waals surface area contributed by atoms with E-state index >= 15 is 0 Å². The molecule has 0 saturated carbocycles. The largest absolute Gasteiger partial charge is 0.496 e. The zero-order valence-electron chi connectivity index (χ0n) is 8.95. The third-order valence-corrected chi connectivity index (χ3v) is 2.15. The van der Waals surface area contributed by atoms with Gasteiger partial charge in [0.25, 0.3) is 0 Å². The van der Waals surface area contributed by atoms with Crippen LogP contribution in [-0.2, 0) is 11.2 Å². The molecular formula is C11H15NO3. The summed E-state index contributed by atoms with van der Waals surface area (Å²) in [4.78, 5) is 10.7. The first-order valence-corrected chi connectivity index (χ1v) is 4.67. The number of methoxy groups -OCH3 is 2. The van der Waals surface area contributed by atoms with E-state index in [0.29, 0.717) is 6.42 Å². The number of rotatable bonds is 5. The van der Waals surface area contributed by atoms with Gasteiger partial charge in [-0.1, -0.05) is 6.07 Å². The molecule has 0 aliphatic heterocycles. The Kier molecular flexibility index (Phi) is 3.97. The molecule has 0 bridgehead atoms. The molecule has 0 saturated heterocycles. The van der Waals surface area contributed by atoms with Gasteiger partial charge in [-0.15, -0.1) is 0 Å². The van der Waals surface area contributed by atoms with Gasteiger partial charge >= 0.3 is 0 Å². The molecular weight excluding hydrogens is 194 g/mol. The van der Waals surface area contributed by atoms with E-state index in [9.17, 15) is 4.79 Å². The van der Waals surface area contributed by atoms with Gasteiger partial charge in [0.2, 0.25) is 5.91 Å². The Morgan fingerprint density at radius 2 is 1.80 bits per heavy atom. The molecule has 0 heterocycles. The fourth-order valence-corrected chi connectivity index (χ4v) is 1.42. The van der Waals surface area contributed by atoms with Crippen molar-refractivity contribution >= 4 is 5.91 Å². The summed E-state index contributed by atoms with van der Waals surface area (Å²) in [5.41, 5.74) is 5.98. The second-order valence-electron chi connectivity index (χ2n) is 3.11. The lowest BCUT2D eigenvalue weighted by Crippen LogP contribution is -2.11. The number of carbonyl (C=O) groups is 1. The number of primary amides is 1. The third kappa shape index (κ3) is 2.87. The van der Waals surface area contributed by atoms with Crippen LogP contribution in [0.1, 0.15) is 12.0 Å². The second-order valence-corrected chi connectivity index (χ2v) is 3.11. The molecule has 0 aliphatic rings. The van der Waals surface area contributed by atoms with Gasteiger partial charge in [0.1, 0.15) is 11.5 Å². The molecule has 82 valence electrons. The molecule has 0 unspecified atom stereocenters. The highest BCUT2D eigenvalue weighted by Crippen LogP contribution is 2.29. The second kappa shape index (κ2) is 5.24. The topological polar surface area (TPSA) is 61.6 Å². The summed E-state index contributed by atoms with van der Waals surface area (Å²) >= 11 is 0. The highest BCUT2D eigenvalue weighted by Gasteiger charge is 2.10. The Hall–Kier alpha value is -1.71. The van der Waals surface area contributed by atoms with Crippen LogP contribution >= 0.6 is 0 Å². The number of benzene rings is 1. The SMILES string of the molecule is COc1cccc(OC)c1CCC(N)=O. The molecule has 1 rings (SSSR count). The molecule has 0 fully saturated rings. The quantitative estimate of drug-likeness (QED) is 0.790. The normalized spacial score (nSPS) is 9.73. The molecule has 0 spiro atoms. The van der Waals surface area contributed by atoms with Crippen LogP contribution in [0.4, 0.5) is 0 Å². The van der Waals surface area contributed by atoms with Crippen molar-refractivity contribution in [2.75, 3.05) is 14.2 Å². The number of hydrogen-bond donors (Lipinski definition) is 1. The molecule has 1 aromatic carbocycles. The molecule has 2 N–H and O–H groups in total. The maximum Gasteiger partial charge on any atom is 0.217 e. The highest BCUT2D eigenvalue weighted by molar-refractivity contribution is 5.74. The van der Waals surface area contributed by atoms with E-state index in [0.717, 1.165) is 17.1 Å². The predicted octanol–water partition coefficient (Wildman–Crippen LogP) is 1.12. The summed E-state index contributed by atoms with van der Waals surface area (Å²) in [6, 6.07) is 5.50. The fraction of sp³-hybridized carbons (Fsp3) is 0.364. The van der Waals surface area contributed by atoms with E-state index in [1.54, 1.807) is 14.2 Å². The summed E-state index contributed by atoms with van der Waals surface area (Å²) in [7, 11) is 3.17. The Labute approximate surface area is 89.0 Å². The fourth-order valence-electron chi connectivity index (χ4n) is 1.42. The van der Waals surface area contributed by atoms with Gasteiger partial charge in [0.05, 0.1) is 14.2 Å². The van der Waals surface area contributed by atoms with Gasteiger partial charge in [-0.25, -0.2) is 0 Å². The van der Waals surface area contributed by atoms with E-state index in [2.05, 4.69) is 0 Å². The number of hydrogen-bond acceptors (Lipinski definition) is 3. The number of carbonyl (C=O) groups excluding carboxylic acids is 1. The maximum atomic E-state index is 10.7. The molecule has 1 aromatic rings. The molecule has 15 heavy (non-hydrogen) atoms. The van der Waals surface area contributed by atoms with Gasteiger partial charge in [-0.05, 0) is 18.6 Å². The molecule has 0 radical (unpaired) electrons. The first-order valence-electron chi connectivity index (χ1n) is 4.67. The summed E-state index contributed by atoms with van der Waals surface area (Å²) in [5, 5.41) is 0. The lowest BCUT2D eigenvalue weighted by atomic mass is 10.1. The van der Waals surface area contributed by atoms with Gasteiger partial charge in [-0.2, -0.15) is 0 Å². The standard InChI is InChI=1S/C11H15NO3/c1-14-9-4-3-5-10(15-2)8(9)6-7-11(12)13/h3-5H,6-7H2,1-2H3,(H2,12,13). The number of amides is 1. The van der Waals surface area contributed by atoms with Crippen molar-refractivity contribution in [3.63, 3.8) is 0 Å². The van der Waals surface area contributed by atoms with Crippen molar-refractivity contribution in [3.8, 4) is 11.5 Å². The van der Waals surface area contributed by atoms with Crippen molar-refractivity contribution in [2.24, 2.45) is 5.73 Å². The van der Waals surface area contributed by atoms with Crippen molar-refractivity contribution in [1.29, 1.82) is 0 Å². The van der Waals surface area contributed by atoms with Crippen LogP contribution in [0.3, 0.4) is 0 Å². The molecule has 4 heteroatoms. The Bertz CT molecular complexity index is 327. The minimum Gasteiger partial charge on any atom is -0.496 e. The summed E-state index contributed by atoms with van der Waals surface area (Å²) in [5.74, 6) is 1.11. The molecule has 4 nitrogen and oxygen atoms in total. The summed E-state index contributed by atoms with van der Waals surface area (Å²) in [6.07, 6.45) is 0.819. The zero-order valence-corrected chi connectivity index (χ0v) is 8.95. The predicted molar refractivity (Wildman–Crippen MR) is 57.1 cm³/mol. The van der Waals surface area contributed by atoms with Crippen LogP contribution in [0.2, 0.25) is 0 Å². The number of nitrogens with two attached hydrogens (primary N) is 1. The van der Waals surface area contributed by atoms with Gasteiger partial charge in [0, 0.05) is 12.0 Å². The van der Waals surface area contributed by atoms with E-state index < -0.39 is 0 Å².